The first-order valence-corrected chi connectivity index (χ1v) is 12.5. The van der Waals surface area contributed by atoms with Crippen LogP contribution in [0.5, 0.6) is 0 Å². The number of hydrogen-bond acceptors (Lipinski definition) is 4. The minimum atomic E-state index is -4.08. The quantitative estimate of drug-likeness (QED) is 0.421. The van der Waals surface area contributed by atoms with E-state index in [0.717, 1.165) is 17.7 Å². The van der Waals surface area contributed by atoms with Crippen molar-refractivity contribution in [3.8, 4) is 24.1 Å². The second-order valence-corrected chi connectivity index (χ2v) is 9.65. The van der Waals surface area contributed by atoms with Gasteiger partial charge in [-0.3, -0.25) is 4.72 Å². The van der Waals surface area contributed by atoms with E-state index >= 15 is 0 Å². The van der Waals surface area contributed by atoms with Gasteiger partial charge in [-0.25, -0.2) is 17.2 Å². The van der Waals surface area contributed by atoms with Crippen LogP contribution in [0.2, 0.25) is 5.02 Å². The Bertz CT molecular complexity index is 1460. The third kappa shape index (κ3) is 6.91. The minimum Gasteiger partial charge on any atom is -0.450 e. The Morgan fingerprint density at radius 3 is 2.14 bits per heavy atom. The van der Waals surface area contributed by atoms with E-state index in [-0.39, 0.29) is 29.0 Å². The molecule has 0 aromatic heterocycles. The predicted molar refractivity (Wildman–Crippen MR) is 135 cm³/mol. The topological polar surface area (TPSA) is 64.6 Å². The van der Waals surface area contributed by atoms with Gasteiger partial charge in [0.25, 0.3) is 10.0 Å². The molecule has 0 fully saturated rings. The number of ether oxygens (including phenoxy) is 2. The maximum atomic E-state index is 14.2. The fourth-order valence-corrected chi connectivity index (χ4v) is 4.76. The van der Waals surface area contributed by atoms with Crippen LogP contribution in [0.4, 0.5) is 14.5 Å². The van der Waals surface area contributed by atoms with E-state index in [2.05, 4.69) is 28.8 Å². The third-order valence-electron chi connectivity index (χ3n) is 5.13. The van der Waals surface area contributed by atoms with Crippen LogP contribution >= 0.6 is 11.6 Å². The maximum Gasteiger partial charge on any atom is 0.261 e. The number of benzene rings is 3. The molecule has 9 heteroatoms. The lowest BCUT2D eigenvalue weighted by atomic mass is 10.0. The molecular formula is C27H22ClF2NO4S. The summed E-state index contributed by atoms with van der Waals surface area (Å²) in [5, 5.41) is 0.297. The lowest BCUT2D eigenvalue weighted by molar-refractivity contribution is 0.371. The number of rotatable bonds is 7. The number of sulfonamides is 1. The third-order valence-corrected chi connectivity index (χ3v) is 6.73. The van der Waals surface area contributed by atoms with Gasteiger partial charge in [0.1, 0.15) is 23.8 Å². The molecule has 3 rings (SSSR count). The highest BCUT2D eigenvalue weighted by Gasteiger charge is 2.19. The predicted octanol–water partition coefficient (Wildman–Crippen LogP) is 5.31. The molecule has 0 radical (unpaired) electrons. The van der Waals surface area contributed by atoms with E-state index in [1.54, 1.807) is 6.07 Å². The van der Waals surface area contributed by atoms with Crippen LogP contribution in [-0.4, -0.2) is 22.6 Å². The van der Waals surface area contributed by atoms with Gasteiger partial charge in [-0.1, -0.05) is 35.6 Å². The van der Waals surface area contributed by atoms with Crippen LogP contribution in [0.3, 0.4) is 0 Å². The van der Waals surface area contributed by atoms with Gasteiger partial charge in [-0.05, 0) is 59.2 Å². The van der Waals surface area contributed by atoms with Crippen molar-refractivity contribution in [3.63, 3.8) is 0 Å². The van der Waals surface area contributed by atoms with Gasteiger partial charge in [0.15, 0.2) is 0 Å². The Labute approximate surface area is 214 Å². The van der Waals surface area contributed by atoms with Gasteiger partial charge in [0.2, 0.25) is 0 Å². The van der Waals surface area contributed by atoms with Crippen LogP contribution in [0.25, 0.3) is 0 Å². The van der Waals surface area contributed by atoms with Crippen LogP contribution in [-0.2, 0) is 38.8 Å². The van der Waals surface area contributed by atoms with Crippen LogP contribution in [0.15, 0.2) is 59.5 Å². The summed E-state index contributed by atoms with van der Waals surface area (Å²) in [6, 6.07) is 12.5. The van der Waals surface area contributed by atoms with Gasteiger partial charge in [0, 0.05) is 29.8 Å². The second-order valence-electron chi connectivity index (χ2n) is 7.53. The molecule has 36 heavy (non-hydrogen) atoms. The van der Waals surface area contributed by atoms with Crippen molar-refractivity contribution >= 4 is 27.3 Å². The van der Waals surface area contributed by atoms with Crippen LogP contribution < -0.4 is 4.72 Å². The van der Waals surface area contributed by atoms with Crippen molar-refractivity contribution in [1.82, 2.24) is 0 Å². The molecule has 3 aromatic carbocycles. The Kier molecular flexibility index (Phi) is 9.19. The van der Waals surface area contributed by atoms with Crippen molar-refractivity contribution in [2.45, 2.75) is 24.2 Å². The first-order valence-electron chi connectivity index (χ1n) is 10.6. The molecule has 0 aliphatic rings. The van der Waals surface area contributed by atoms with Crippen molar-refractivity contribution in [3.05, 3.63) is 93.5 Å². The van der Waals surface area contributed by atoms with Gasteiger partial charge in [-0.15, -0.1) is 0 Å². The SMILES string of the molecule is COC#CCc1ccc(S(=O)(=O)Nc2ccc(Cl)cc2Cc2c(F)cccc2F)cc1CC#COC. The highest BCUT2D eigenvalue weighted by molar-refractivity contribution is 7.92. The zero-order valence-corrected chi connectivity index (χ0v) is 21.1. The molecule has 5 nitrogen and oxygen atoms in total. The largest absolute Gasteiger partial charge is 0.450 e. The molecule has 0 saturated heterocycles. The summed E-state index contributed by atoms with van der Waals surface area (Å²) in [6.45, 7) is 0. The lowest BCUT2D eigenvalue weighted by Crippen LogP contribution is -2.15. The molecule has 0 aliphatic heterocycles. The standard InChI is InChI=1S/C27H22ClF2NO4S/c1-34-14-4-6-19-10-12-23(17-20(19)7-5-15-35-2)36(32,33)31-27-13-11-22(28)16-21(27)18-24-25(29)8-3-9-26(24)30/h3,8-13,16-17,31H,6-7,18H2,1-2H3. The summed E-state index contributed by atoms with van der Waals surface area (Å²) in [5.74, 6) is 4.17. The van der Waals surface area contributed by atoms with E-state index in [9.17, 15) is 17.2 Å². The number of anilines is 1. The lowest BCUT2D eigenvalue weighted by Gasteiger charge is -2.15. The first kappa shape index (κ1) is 26.9. The summed E-state index contributed by atoms with van der Waals surface area (Å²) < 4.78 is 67.1. The smallest absolute Gasteiger partial charge is 0.261 e. The van der Waals surface area contributed by atoms with Crippen molar-refractivity contribution in [1.29, 1.82) is 0 Å². The van der Waals surface area contributed by atoms with Crippen molar-refractivity contribution < 1.29 is 26.7 Å². The molecular weight excluding hydrogens is 508 g/mol. The highest BCUT2D eigenvalue weighted by atomic mass is 35.5. The van der Waals surface area contributed by atoms with E-state index < -0.39 is 21.7 Å². The average molecular weight is 530 g/mol. The molecule has 0 spiro atoms. The summed E-state index contributed by atoms with van der Waals surface area (Å²) in [6.07, 6.45) is 5.35. The molecule has 0 saturated carbocycles. The molecule has 186 valence electrons. The second kappa shape index (κ2) is 12.3. The Balaban J connectivity index is 1.97. The van der Waals surface area contributed by atoms with E-state index in [1.165, 1.54) is 50.6 Å². The molecule has 0 atom stereocenters. The Morgan fingerprint density at radius 2 is 1.50 bits per heavy atom. The zero-order chi connectivity index (χ0) is 26.1. The van der Waals surface area contributed by atoms with Gasteiger partial charge < -0.3 is 9.47 Å². The van der Waals surface area contributed by atoms with E-state index in [0.29, 0.717) is 22.6 Å². The van der Waals surface area contributed by atoms with Crippen molar-refractivity contribution in [2.24, 2.45) is 0 Å². The molecule has 0 aliphatic carbocycles. The highest BCUT2D eigenvalue weighted by Crippen LogP contribution is 2.28. The summed E-state index contributed by atoms with van der Waals surface area (Å²) >= 11 is 6.09. The fourth-order valence-electron chi connectivity index (χ4n) is 3.42. The van der Waals surface area contributed by atoms with E-state index in [1.807, 2.05) is 0 Å². The molecule has 0 unspecified atom stereocenters. The average Bonchev–Trinajstić information content (AvgIpc) is 2.84. The monoisotopic (exact) mass is 529 g/mol. The van der Waals surface area contributed by atoms with Gasteiger partial charge >= 0.3 is 0 Å². The summed E-state index contributed by atoms with van der Waals surface area (Å²) in [4.78, 5) is -0.0156. The molecule has 3 aromatic rings. The molecule has 0 heterocycles. The first-order chi connectivity index (χ1) is 17.2. The zero-order valence-electron chi connectivity index (χ0n) is 19.5. The minimum absolute atomic E-state index is 0.0156. The Hall–Kier alpha value is -3.72. The summed E-state index contributed by atoms with van der Waals surface area (Å²) in [5.41, 5.74) is 1.70. The molecule has 0 amide bonds. The number of methoxy groups -OCH3 is 2. The number of hydrogen-bond donors (Lipinski definition) is 1. The normalized spacial score (nSPS) is 10.5. The van der Waals surface area contributed by atoms with Crippen LogP contribution in [0.1, 0.15) is 22.3 Å². The van der Waals surface area contributed by atoms with E-state index in [4.69, 9.17) is 21.1 Å². The van der Waals surface area contributed by atoms with Gasteiger partial charge in [0.05, 0.1) is 24.8 Å². The van der Waals surface area contributed by atoms with Gasteiger partial charge in [-0.2, -0.15) is 0 Å². The molecule has 0 bridgehead atoms. The van der Waals surface area contributed by atoms with Crippen molar-refractivity contribution in [2.75, 3.05) is 18.9 Å². The molecule has 1 N–H and O–H groups in total. The maximum absolute atomic E-state index is 14.2. The Morgan fingerprint density at radius 1 is 0.861 bits per heavy atom. The number of nitrogens with one attached hydrogen (secondary N) is 1. The fraction of sp³-hybridized carbons (Fsp3) is 0.185. The summed E-state index contributed by atoms with van der Waals surface area (Å²) in [7, 11) is -1.20. The van der Waals surface area contributed by atoms with Crippen LogP contribution in [0, 0.1) is 35.7 Å². The number of halogens is 3.